The molecule has 0 saturated heterocycles. The molecule has 0 aliphatic rings. The first-order chi connectivity index (χ1) is 20.9. The topological polar surface area (TPSA) is 185 Å². The van der Waals surface area contributed by atoms with Crippen LogP contribution in [0.1, 0.15) is 55.3 Å². The molecule has 0 spiro atoms. The van der Waals surface area contributed by atoms with Crippen LogP contribution in [0, 0.1) is 0 Å². The molecule has 0 aromatic heterocycles. The zero-order chi connectivity index (χ0) is 32.0. The van der Waals surface area contributed by atoms with Crippen molar-refractivity contribution in [1.82, 2.24) is 0 Å². The smallest absolute Gasteiger partial charge is 0.336 e. The minimum absolute atomic E-state index is 0.171. The Morgan fingerprint density at radius 1 is 0.523 bits per heavy atom. The summed E-state index contributed by atoms with van der Waals surface area (Å²) in [5, 5.41) is 24.7. The fourth-order valence-corrected chi connectivity index (χ4v) is 4.20. The lowest BCUT2D eigenvalue weighted by Gasteiger charge is -2.13. The third-order valence-electron chi connectivity index (χ3n) is 6.03. The number of nitrogens with one attached hydrogen (secondary N) is 2. The maximum atomic E-state index is 13.2. The number of hydrogen-bond donors (Lipinski definition) is 4. The second-order valence-corrected chi connectivity index (χ2v) is 9.28. The van der Waals surface area contributed by atoms with Crippen LogP contribution >= 0.6 is 0 Å². The van der Waals surface area contributed by atoms with E-state index in [0.29, 0.717) is 11.1 Å². The molecule has 12 nitrogen and oxygen atoms in total. The number of hydrogen-bond acceptors (Lipinski definition) is 8. The van der Waals surface area contributed by atoms with Gasteiger partial charge >= 0.3 is 23.9 Å². The van der Waals surface area contributed by atoms with Gasteiger partial charge in [0.25, 0.3) is 11.8 Å². The van der Waals surface area contributed by atoms with Crippen LogP contribution in [-0.2, 0) is 9.59 Å². The number of rotatable bonds is 9. The summed E-state index contributed by atoms with van der Waals surface area (Å²) in [6, 6.07) is 19.8. The maximum Gasteiger partial charge on any atom is 0.336 e. The predicted octanol–water partition coefficient (Wildman–Crippen LogP) is 5.11. The van der Waals surface area contributed by atoms with Crippen molar-refractivity contribution >= 4 is 47.1 Å². The summed E-state index contributed by atoms with van der Waals surface area (Å²) in [7, 11) is 0. The first-order valence-electron chi connectivity index (χ1n) is 12.9. The number of carbonyl (C=O) groups is 6. The van der Waals surface area contributed by atoms with Gasteiger partial charge in [-0.3, -0.25) is 19.2 Å². The number of carbonyl (C=O) groups excluding carboxylic acids is 4. The van der Waals surface area contributed by atoms with Gasteiger partial charge in [0.05, 0.1) is 22.3 Å². The average Bonchev–Trinajstić information content (AvgIpc) is 2.96. The molecular formula is C32H24N2O10. The van der Waals surface area contributed by atoms with E-state index < -0.39 is 35.7 Å². The van der Waals surface area contributed by atoms with Crippen molar-refractivity contribution < 1.29 is 48.5 Å². The summed E-state index contributed by atoms with van der Waals surface area (Å²) in [5.41, 5.74) is 0.0200. The highest BCUT2D eigenvalue weighted by molar-refractivity contribution is 6.13. The highest BCUT2D eigenvalue weighted by atomic mass is 16.5. The normalized spacial score (nSPS) is 10.3. The Hall–Kier alpha value is -6.30. The molecule has 0 atom stereocenters. The number of esters is 2. The molecule has 44 heavy (non-hydrogen) atoms. The van der Waals surface area contributed by atoms with Gasteiger partial charge in [-0.15, -0.1) is 0 Å². The standard InChI is InChI=1S/C32H24N2O10/c1-17(35)43-23-7-3-5-21(15-23)33-29(37)25-11-9-20(14-28(25)32(41)42)19-10-12-26(31(39)40)27(13-19)30(38)34-22-6-4-8-24(16-22)44-18(2)36/h3-16H,1-2H3,(H,33,37)(H,34,38)(H,39,40)(H,41,42). The van der Waals surface area contributed by atoms with Gasteiger partial charge in [0.15, 0.2) is 0 Å². The van der Waals surface area contributed by atoms with Crippen molar-refractivity contribution in [3.8, 4) is 22.6 Å². The lowest BCUT2D eigenvalue weighted by atomic mass is 9.95. The van der Waals surface area contributed by atoms with E-state index in [1.807, 2.05) is 0 Å². The van der Waals surface area contributed by atoms with Crippen molar-refractivity contribution in [1.29, 1.82) is 0 Å². The molecule has 4 N–H and O–H groups in total. The highest BCUT2D eigenvalue weighted by Crippen LogP contribution is 2.28. The summed E-state index contributed by atoms with van der Waals surface area (Å²) >= 11 is 0. The fourth-order valence-electron chi connectivity index (χ4n) is 4.20. The number of ether oxygens (including phenoxy) is 2. The Balaban J connectivity index is 1.65. The molecule has 0 unspecified atom stereocenters. The maximum absolute atomic E-state index is 13.2. The molecule has 0 saturated carbocycles. The average molecular weight is 597 g/mol. The van der Waals surface area contributed by atoms with Crippen LogP contribution in [0.25, 0.3) is 11.1 Å². The van der Waals surface area contributed by atoms with Crippen LogP contribution in [0.15, 0.2) is 84.9 Å². The highest BCUT2D eigenvalue weighted by Gasteiger charge is 2.21. The van der Waals surface area contributed by atoms with Crippen LogP contribution < -0.4 is 20.1 Å². The molecule has 2 amide bonds. The minimum Gasteiger partial charge on any atom is -0.478 e. The summed E-state index contributed by atoms with van der Waals surface area (Å²) in [6.07, 6.45) is 0. The Morgan fingerprint density at radius 3 is 1.41 bits per heavy atom. The molecule has 0 aliphatic heterocycles. The molecule has 0 heterocycles. The van der Waals surface area contributed by atoms with E-state index in [-0.39, 0.29) is 45.1 Å². The number of amides is 2. The number of carboxylic acids is 2. The molecule has 12 heteroatoms. The predicted molar refractivity (Wildman–Crippen MR) is 157 cm³/mol. The van der Waals surface area contributed by atoms with E-state index in [0.717, 1.165) is 0 Å². The largest absolute Gasteiger partial charge is 0.478 e. The fraction of sp³-hybridized carbons (Fsp3) is 0.0625. The van der Waals surface area contributed by atoms with Gasteiger partial charge in [0.2, 0.25) is 0 Å². The van der Waals surface area contributed by atoms with Gasteiger partial charge in [0, 0.05) is 37.4 Å². The number of carboxylic acid groups (broad SMARTS) is 2. The second-order valence-electron chi connectivity index (χ2n) is 9.28. The minimum atomic E-state index is -1.40. The van der Waals surface area contributed by atoms with Gasteiger partial charge < -0.3 is 30.3 Å². The van der Waals surface area contributed by atoms with Crippen LogP contribution in [0.2, 0.25) is 0 Å². The molecule has 0 aliphatic carbocycles. The van der Waals surface area contributed by atoms with E-state index in [2.05, 4.69) is 10.6 Å². The van der Waals surface area contributed by atoms with Crippen molar-refractivity contribution in [3.63, 3.8) is 0 Å². The van der Waals surface area contributed by atoms with Gasteiger partial charge in [-0.1, -0.05) is 24.3 Å². The van der Waals surface area contributed by atoms with Gasteiger partial charge in [-0.2, -0.15) is 0 Å². The summed E-state index contributed by atoms with van der Waals surface area (Å²) in [4.78, 5) is 72.7. The van der Waals surface area contributed by atoms with Crippen LogP contribution in [-0.4, -0.2) is 45.9 Å². The molecular weight excluding hydrogens is 572 g/mol. The number of aromatic carboxylic acids is 2. The quantitative estimate of drug-likeness (QED) is 0.150. The third kappa shape index (κ3) is 7.50. The molecule has 4 aromatic rings. The third-order valence-corrected chi connectivity index (χ3v) is 6.03. The molecule has 0 radical (unpaired) electrons. The van der Waals surface area contributed by atoms with Crippen molar-refractivity contribution in [2.24, 2.45) is 0 Å². The molecule has 0 bridgehead atoms. The SMILES string of the molecule is CC(=O)Oc1cccc(NC(=O)c2ccc(-c3ccc(C(=O)O)c(C(=O)Nc4cccc(OC(C)=O)c4)c3)cc2C(=O)O)c1. The van der Waals surface area contributed by atoms with E-state index in [4.69, 9.17) is 9.47 Å². The second kappa shape index (κ2) is 13.1. The van der Waals surface area contributed by atoms with E-state index in [1.165, 1.54) is 92.7 Å². The van der Waals surface area contributed by atoms with Crippen LogP contribution in [0.5, 0.6) is 11.5 Å². The molecule has 4 aromatic carbocycles. The van der Waals surface area contributed by atoms with Crippen molar-refractivity contribution in [2.75, 3.05) is 10.6 Å². The Kier molecular flexibility index (Phi) is 9.14. The van der Waals surface area contributed by atoms with Gasteiger partial charge in [-0.25, -0.2) is 9.59 Å². The number of anilines is 2. The zero-order valence-electron chi connectivity index (χ0n) is 23.2. The van der Waals surface area contributed by atoms with Gasteiger partial charge in [-0.05, 0) is 59.7 Å². The van der Waals surface area contributed by atoms with Gasteiger partial charge in [0.1, 0.15) is 11.5 Å². The monoisotopic (exact) mass is 596 g/mol. The number of benzene rings is 4. The van der Waals surface area contributed by atoms with Crippen molar-refractivity contribution in [3.05, 3.63) is 107 Å². The lowest BCUT2D eigenvalue weighted by Crippen LogP contribution is -2.17. The first kappa shape index (κ1) is 30.7. The lowest BCUT2D eigenvalue weighted by molar-refractivity contribution is -0.132. The molecule has 4 rings (SSSR count). The first-order valence-corrected chi connectivity index (χ1v) is 12.9. The Morgan fingerprint density at radius 2 is 0.955 bits per heavy atom. The van der Waals surface area contributed by atoms with Crippen LogP contribution in [0.3, 0.4) is 0 Å². The summed E-state index contributed by atoms with van der Waals surface area (Å²) in [6.45, 7) is 2.44. The Bertz CT molecular complexity index is 1830. The van der Waals surface area contributed by atoms with E-state index in [1.54, 1.807) is 6.07 Å². The van der Waals surface area contributed by atoms with Crippen molar-refractivity contribution in [2.45, 2.75) is 13.8 Å². The molecule has 222 valence electrons. The van der Waals surface area contributed by atoms with Crippen LogP contribution in [0.4, 0.5) is 11.4 Å². The zero-order valence-corrected chi connectivity index (χ0v) is 23.2. The summed E-state index contributed by atoms with van der Waals surface area (Å²) in [5.74, 6) is -5.06. The van der Waals surface area contributed by atoms with E-state index >= 15 is 0 Å². The summed E-state index contributed by atoms with van der Waals surface area (Å²) < 4.78 is 10.0. The van der Waals surface area contributed by atoms with E-state index in [9.17, 15) is 39.0 Å². The molecule has 0 fully saturated rings. The Labute approximate surface area is 249 Å².